The smallest absolute Gasteiger partial charge is 0.274 e. The molecular formula is C30H36N6O4. The van der Waals surface area contributed by atoms with Gasteiger partial charge in [0.05, 0.1) is 38.7 Å². The van der Waals surface area contributed by atoms with Gasteiger partial charge in [0.15, 0.2) is 0 Å². The Morgan fingerprint density at radius 3 is 2.02 bits per heavy atom. The van der Waals surface area contributed by atoms with Crippen molar-refractivity contribution in [2.24, 2.45) is 5.11 Å². The van der Waals surface area contributed by atoms with Crippen LogP contribution in [0.15, 0.2) is 77.2 Å². The van der Waals surface area contributed by atoms with E-state index in [-0.39, 0.29) is 5.91 Å². The number of benzene rings is 2. The second kappa shape index (κ2) is 12.1. The number of ether oxygens (including phenoxy) is 2. The van der Waals surface area contributed by atoms with E-state index in [1.807, 2.05) is 42.5 Å². The van der Waals surface area contributed by atoms with Gasteiger partial charge in [-0.05, 0) is 49.2 Å². The predicted octanol–water partition coefficient (Wildman–Crippen LogP) is 3.99. The first-order valence-corrected chi connectivity index (χ1v) is 14.2. The van der Waals surface area contributed by atoms with Gasteiger partial charge in [0.1, 0.15) is 5.69 Å². The Hall–Kier alpha value is -3.89. The van der Waals surface area contributed by atoms with Crippen molar-refractivity contribution in [1.82, 2.24) is 9.80 Å². The van der Waals surface area contributed by atoms with E-state index in [9.17, 15) is 10.0 Å². The minimum atomic E-state index is -0.00841. The Morgan fingerprint density at radius 1 is 0.700 bits per heavy atom. The van der Waals surface area contributed by atoms with Gasteiger partial charge in [-0.3, -0.25) is 4.79 Å². The topological polar surface area (TPSA) is 86.9 Å². The molecule has 0 bridgehead atoms. The number of nitrogens with zero attached hydrogens (tertiary/aromatic N) is 6. The predicted molar refractivity (Wildman–Crippen MR) is 153 cm³/mol. The zero-order valence-corrected chi connectivity index (χ0v) is 22.8. The van der Waals surface area contributed by atoms with Crippen molar-refractivity contribution in [3.63, 3.8) is 0 Å². The fourth-order valence-electron chi connectivity index (χ4n) is 5.65. The lowest BCUT2D eigenvalue weighted by atomic mass is 10.1. The average molecular weight is 545 g/mol. The van der Waals surface area contributed by atoms with Crippen molar-refractivity contribution in [2.45, 2.75) is 12.8 Å². The number of rotatable bonds is 6. The minimum absolute atomic E-state index is 0.00841. The maximum absolute atomic E-state index is 13.2. The van der Waals surface area contributed by atoms with Crippen molar-refractivity contribution in [2.75, 3.05) is 82.0 Å². The Kier molecular flexibility index (Phi) is 7.97. The molecule has 2 aromatic rings. The Balaban J connectivity index is 1.09. The largest absolute Gasteiger partial charge is 0.594 e. The molecule has 0 unspecified atom stereocenters. The molecule has 10 nitrogen and oxygen atoms in total. The highest BCUT2D eigenvalue weighted by atomic mass is 16.5. The fourth-order valence-corrected chi connectivity index (χ4v) is 5.65. The van der Waals surface area contributed by atoms with E-state index in [0.717, 1.165) is 82.4 Å². The van der Waals surface area contributed by atoms with Crippen molar-refractivity contribution in [3.05, 3.63) is 77.3 Å². The van der Waals surface area contributed by atoms with Crippen molar-refractivity contribution >= 4 is 28.7 Å². The zero-order chi connectivity index (χ0) is 27.3. The maximum Gasteiger partial charge on any atom is 0.274 e. The van der Waals surface area contributed by atoms with Crippen molar-refractivity contribution in [1.29, 1.82) is 0 Å². The molecule has 4 heterocycles. The molecule has 0 saturated carbocycles. The van der Waals surface area contributed by atoms with Crippen molar-refractivity contribution in [3.8, 4) is 0 Å². The van der Waals surface area contributed by atoms with Crippen LogP contribution in [0.5, 0.6) is 0 Å². The molecule has 4 aliphatic rings. The summed E-state index contributed by atoms with van der Waals surface area (Å²) in [7, 11) is 0. The van der Waals surface area contributed by atoms with Gasteiger partial charge in [0.2, 0.25) is 5.69 Å². The molecular weight excluding hydrogens is 508 g/mol. The van der Waals surface area contributed by atoms with Gasteiger partial charge in [0, 0.05) is 73.6 Å². The lowest BCUT2D eigenvalue weighted by molar-refractivity contribution is -0.435. The lowest BCUT2D eigenvalue weighted by Gasteiger charge is -2.37. The van der Waals surface area contributed by atoms with Crippen molar-refractivity contribution < 1.29 is 19.1 Å². The SMILES string of the molecule is O=C1C(N2CCOCC2)=CCCN1c1ccc(/[N+]([O-])=N/c2ccc(N3CCC=C(N4CCOCC4)C3)cc2)cc1. The summed E-state index contributed by atoms with van der Waals surface area (Å²) in [4.78, 5) is 22.5. The molecule has 6 rings (SSSR count). The van der Waals surface area contributed by atoms with Gasteiger partial charge in [-0.1, -0.05) is 17.0 Å². The third-order valence-electron chi connectivity index (χ3n) is 7.86. The molecule has 10 heteroatoms. The first-order chi connectivity index (χ1) is 19.7. The van der Waals surface area contributed by atoms with Gasteiger partial charge in [0.25, 0.3) is 5.91 Å². The van der Waals surface area contributed by atoms with Crippen LogP contribution in [-0.4, -0.2) is 92.8 Å². The van der Waals surface area contributed by atoms with Gasteiger partial charge in [-0.25, -0.2) is 0 Å². The first kappa shape index (κ1) is 26.3. The monoisotopic (exact) mass is 544 g/mol. The molecule has 1 amide bonds. The van der Waals surface area contributed by atoms with Gasteiger partial charge < -0.3 is 34.3 Å². The average Bonchev–Trinajstić information content (AvgIpc) is 3.02. The summed E-state index contributed by atoms with van der Waals surface area (Å²) in [5, 5.41) is 17.1. The maximum atomic E-state index is 13.2. The number of hydrogen-bond donors (Lipinski definition) is 0. The molecule has 0 spiro atoms. The molecule has 0 atom stereocenters. The number of carbonyl (C=O) groups excluding carboxylic acids is 1. The van der Waals surface area contributed by atoms with Crippen LogP contribution < -0.4 is 9.80 Å². The molecule has 4 aliphatic heterocycles. The van der Waals surface area contributed by atoms with Gasteiger partial charge >= 0.3 is 0 Å². The molecule has 2 saturated heterocycles. The minimum Gasteiger partial charge on any atom is -0.594 e. The van der Waals surface area contributed by atoms with E-state index >= 15 is 0 Å². The molecule has 0 aromatic heterocycles. The van der Waals surface area contributed by atoms with Crippen LogP contribution >= 0.6 is 0 Å². The molecule has 210 valence electrons. The second-order valence-electron chi connectivity index (χ2n) is 10.3. The summed E-state index contributed by atoms with van der Waals surface area (Å²) in [5.41, 5.74) is 5.00. The third kappa shape index (κ3) is 5.83. The number of morpholine rings is 2. The number of hydrogen-bond acceptors (Lipinski definition) is 8. The highest BCUT2D eigenvalue weighted by Crippen LogP contribution is 2.28. The van der Waals surface area contributed by atoms with E-state index < -0.39 is 0 Å². The van der Waals surface area contributed by atoms with E-state index in [2.05, 4.69) is 25.9 Å². The Labute approximate surface area is 234 Å². The summed E-state index contributed by atoms with van der Waals surface area (Å²) in [5.74, 6) is -0.00841. The summed E-state index contributed by atoms with van der Waals surface area (Å²) in [6, 6.07) is 14.9. The molecule has 2 fully saturated rings. The zero-order valence-electron chi connectivity index (χ0n) is 22.8. The van der Waals surface area contributed by atoms with Crippen LogP contribution in [0, 0.1) is 5.21 Å². The fraction of sp³-hybridized carbons (Fsp3) is 0.433. The number of anilines is 2. The number of amides is 1. The highest BCUT2D eigenvalue weighted by molar-refractivity contribution is 6.06. The lowest BCUT2D eigenvalue weighted by Crippen LogP contribution is -2.45. The molecule has 0 radical (unpaired) electrons. The van der Waals surface area contributed by atoms with Gasteiger partial charge in [-0.15, -0.1) is 0 Å². The summed E-state index contributed by atoms with van der Waals surface area (Å²) < 4.78 is 10.9. The van der Waals surface area contributed by atoms with E-state index in [1.54, 1.807) is 17.0 Å². The van der Waals surface area contributed by atoms with E-state index in [4.69, 9.17) is 9.47 Å². The third-order valence-corrected chi connectivity index (χ3v) is 7.86. The summed E-state index contributed by atoms with van der Waals surface area (Å²) in [6.07, 6.45) is 6.17. The Bertz CT molecular complexity index is 1280. The van der Waals surface area contributed by atoms with Crippen LogP contribution in [-0.2, 0) is 14.3 Å². The molecule has 40 heavy (non-hydrogen) atoms. The van der Waals surface area contributed by atoms with E-state index in [1.165, 1.54) is 5.70 Å². The Morgan fingerprint density at radius 2 is 1.32 bits per heavy atom. The van der Waals surface area contributed by atoms with Crippen LogP contribution in [0.2, 0.25) is 0 Å². The normalized spacial score (nSPS) is 20.9. The van der Waals surface area contributed by atoms with Crippen LogP contribution in [0.1, 0.15) is 12.8 Å². The van der Waals surface area contributed by atoms with Crippen LogP contribution in [0.25, 0.3) is 0 Å². The number of azo groups is 1. The molecule has 2 aromatic carbocycles. The summed E-state index contributed by atoms with van der Waals surface area (Å²) >= 11 is 0. The molecule has 0 N–H and O–H groups in total. The first-order valence-electron chi connectivity index (χ1n) is 14.2. The van der Waals surface area contributed by atoms with E-state index in [0.29, 0.717) is 36.0 Å². The number of carbonyl (C=O) groups is 1. The second-order valence-corrected chi connectivity index (χ2v) is 10.3. The van der Waals surface area contributed by atoms with Crippen LogP contribution in [0.4, 0.5) is 22.7 Å². The summed E-state index contributed by atoms with van der Waals surface area (Å²) in [6.45, 7) is 8.63. The highest BCUT2D eigenvalue weighted by Gasteiger charge is 2.28. The van der Waals surface area contributed by atoms with Crippen LogP contribution in [0.3, 0.4) is 0 Å². The molecule has 0 aliphatic carbocycles. The van der Waals surface area contributed by atoms with Gasteiger partial charge in [-0.2, -0.15) is 0 Å². The quantitative estimate of drug-likeness (QED) is 0.309. The standard InChI is InChI=1S/C30H36N6O4/c37-30-29(33-17-21-40-22-18-33)4-2-14-35(30)26-9-11-27(12-10-26)36(38)31-24-5-7-25(8-6-24)34-13-1-3-28(23-34)32-15-19-39-20-16-32/h3-12H,1-2,13-23H2/b36-31-.